The summed E-state index contributed by atoms with van der Waals surface area (Å²) in [6.07, 6.45) is 2.79. The summed E-state index contributed by atoms with van der Waals surface area (Å²) in [6.45, 7) is 3.58. The fraction of sp³-hybridized carbons (Fsp3) is 0.167. The van der Waals surface area contributed by atoms with Crippen LogP contribution in [0.25, 0.3) is 6.08 Å². The minimum atomic E-state index is -0.457. The highest BCUT2D eigenvalue weighted by molar-refractivity contribution is 7.80. The number of benzene rings is 1. The number of amides is 2. The minimum Gasteiger partial charge on any atom is -0.484 e. The second-order valence-corrected chi connectivity index (χ2v) is 5.78. The van der Waals surface area contributed by atoms with Gasteiger partial charge in [-0.15, -0.1) is 0 Å². The monoisotopic (exact) mass is 373 g/mol. The lowest BCUT2D eigenvalue weighted by Gasteiger charge is -2.10. The molecule has 0 radical (unpaired) electrons. The summed E-state index contributed by atoms with van der Waals surface area (Å²) in [7, 11) is 0. The van der Waals surface area contributed by atoms with Gasteiger partial charge in [0.15, 0.2) is 11.7 Å². The van der Waals surface area contributed by atoms with E-state index in [1.54, 1.807) is 24.3 Å². The molecule has 1 heterocycles. The van der Waals surface area contributed by atoms with Crippen LogP contribution in [0.15, 0.2) is 46.9 Å². The highest BCUT2D eigenvalue weighted by atomic mass is 32.1. The first kappa shape index (κ1) is 19.2. The van der Waals surface area contributed by atoms with Crippen molar-refractivity contribution in [2.24, 2.45) is 0 Å². The van der Waals surface area contributed by atoms with E-state index in [0.29, 0.717) is 11.5 Å². The zero-order valence-corrected chi connectivity index (χ0v) is 15.2. The molecule has 0 fully saturated rings. The molecule has 0 saturated carbocycles. The van der Waals surface area contributed by atoms with E-state index in [1.807, 2.05) is 26.0 Å². The second kappa shape index (κ2) is 9.38. The number of aryl methyl sites for hydroxylation is 2. The first-order valence-corrected chi connectivity index (χ1v) is 8.17. The van der Waals surface area contributed by atoms with E-state index in [1.165, 1.54) is 12.2 Å². The van der Waals surface area contributed by atoms with Crippen molar-refractivity contribution >= 4 is 35.2 Å². The van der Waals surface area contributed by atoms with E-state index in [0.717, 1.165) is 11.3 Å². The van der Waals surface area contributed by atoms with Gasteiger partial charge in [0.1, 0.15) is 17.3 Å². The number of hydrogen-bond donors (Lipinski definition) is 3. The molecule has 0 bridgehead atoms. The van der Waals surface area contributed by atoms with Gasteiger partial charge < -0.3 is 9.15 Å². The van der Waals surface area contributed by atoms with Gasteiger partial charge in [-0.05, 0) is 56.4 Å². The third kappa shape index (κ3) is 6.78. The number of ether oxygens (including phenoxy) is 1. The Kier molecular flexibility index (Phi) is 6.92. The number of carbonyl (C=O) groups is 2. The summed E-state index contributed by atoms with van der Waals surface area (Å²) in [5, 5.41) is 2.35. The summed E-state index contributed by atoms with van der Waals surface area (Å²) in [5.41, 5.74) is 5.86. The van der Waals surface area contributed by atoms with Crippen LogP contribution in [-0.2, 0) is 9.59 Å². The Balaban J connectivity index is 1.67. The normalized spacial score (nSPS) is 10.4. The molecule has 0 unspecified atom stereocenters. The average molecular weight is 373 g/mol. The molecular weight excluding hydrogens is 354 g/mol. The number of rotatable bonds is 5. The SMILES string of the molecule is Cc1ccc(OCC(=O)NNC(=S)NC(=O)/C=C/c2ccc(C)o2)cc1. The lowest BCUT2D eigenvalue weighted by Crippen LogP contribution is -2.49. The quantitative estimate of drug-likeness (QED) is 0.422. The summed E-state index contributed by atoms with van der Waals surface area (Å²) >= 11 is 4.92. The molecule has 0 atom stereocenters. The Hall–Kier alpha value is -3.13. The molecule has 0 aliphatic carbocycles. The van der Waals surface area contributed by atoms with Crippen LogP contribution in [0.4, 0.5) is 0 Å². The molecule has 0 aliphatic rings. The number of thiocarbonyl (C=S) groups is 1. The van der Waals surface area contributed by atoms with Gasteiger partial charge in [0.05, 0.1) is 0 Å². The smallest absolute Gasteiger partial charge is 0.276 e. The van der Waals surface area contributed by atoms with Crippen molar-refractivity contribution in [1.82, 2.24) is 16.2 Å². The summed E-state index contributed by atoms with van der Waals surface area (Å²) < 4.78 is 10.6. The minimum absolute atomic E-state index is 0.0426. The molecule has 2 aromatic rings. The Morgan fingerprint density at radius 2 is 1.85 bits per heavy atom. The number of carbonyl (C=O) groups excluding carboxylic acids is 2. The van der Waals surface area contributed by atoms with E-state index >= 15 is 0 Å². The molecule has 0 spiro atoms. The van der Waals surface area contributed by atoms with Crippen molar-refractivity contribution in [3.63, 3.8) is 0 Å². The van der Waals surface area contributed by atoms with Crippen molar-refractivity contribution in [2.45, 2.75) is 13.8 Å². The second-order valence-electron chi connectivity index (χ2n) is 5.38. The fourth-order valence-electron chi connectivity index (χ4n) is 1.83. The zero-order chi connectivity index (χ0) is 18.9. The highest BCUT2D eigenvalue weighted by Crippen LogP contribution is 2.10. The molecule has 0 saturated heterocycles. The van der Waals surface area contributed by atoms with E-state index in [9.17, 15) is 9.59 Å². The maximum Gasteiger partial charge on any atom is 0.276 e. The molecule has 3 N–H and O–H groups in total. The molecule has 8 heteroatoms. The van der Waals surface area contributed by atoms with Gasteiger partial charge in [0, 0.05) is 6.08 Å². The Morgan fingerprint density at radius 3 is 2.50 bits per heavy atom. The molecule has 1 aromatic carbocycles. The Bertz CT molecular complexity index is 812. The highest BCUT2D eigenvalue weighted by Gasteiger charge is 2.05. The van der Waals surface area contributed by atoms with Gasteiger partial charge in [0.25, 0.3) is 5.91 Å². The van der Waals surface area contributed by atoms with Gasteiger partial charge in [-0.3, -0.25) is 25.8 Å². The third-order valence-electron chi connectivity index (χ3n) is 3.10. The predicted octanol–water partition coefficient (Wildman–Crippen LogP) is 2.01. The van der Waals surface area contributed by atoms with E-state index in [4.69, 9.17) is 21.4 Å². The van der Waals surface area contributed by atoms with Crippen LogP contribution in [0, 0.1) is 13.8 Å². The topological polar surface area (TPSA) is 92.6 Å². The lowest BCUT2D eigenvalue weighted by atomic mass is 10.2. The van der Waals surface area contributed by atoms with Gasteiger partial charge in [-0.25, -0.2) is 0 Å². The van der Waals surface area contributed by atoms with E-state index < -0.39 is 11.8 Å². The summed E-state index contributed by atoms with van der Waals surface area (Å²) in [4.78, 5) is 23.4. The Labute approximate surface area is 156 Å². The molecular formula is C18H19N3O4S. The maximum atomic E-state index is 11.7. The van der Waals surface area contributed by atoms with Gasteiger partial charge in [0.2, 0.25) is 5.91 Å². The van der Waals surface area contributed by atoms with Crippen molar-refractivity contribution < 1.29 is 18.7 Å². The van der Waals surface area contributed by atoms with Crippen molar-refractivity contribution in [3.8, 4) is 5.75 Å². The van der Waals surface area contributed by atoms with Crippen LogP contribution in [0.2, 0.25) is 0 Å². The Morgan fingerprint density at radius 1 is 1.12 bits per heavy atom. The largest absolute Gasteiger partial charge is 0.484 e. The number of hydrogen-bond acceptors (Lipinski definition) is 5. The van der Waals surface area contributed by atoms with Crippen LogP contribution < -0.4 is 20.9 Å². The molecule has 1 aromatic heterocycles. The van der Waals surface area contributed by atoms with Crippen LogP contribution in [-0.4, -0.2) is 23.5 Å². The fourth-order valence-corrected chi connectivity index (χ4v) is 1.98. The van der Waals surface area contributed by atoms with Crippen LogP contribution in [0.5, 0.6) is 5.75 Å². The molecule has 136 valence electrons. The lowest BCUT2D eigenvalue weighted by molar-refractivity contribution is -0.123. The third-order valence-corrected chi connectivity index (χ3v) is 3.31. The molecule has 0 aliphatic heterocycles. The standard InChI is InChI=1S/C18H19N3O4S/c1-12-3-6-14(7-4-12)24-11-17(23)20-21-18(26)19-16(22)10-9-15-8-5-13(2)25-15/h3-10H,11H2,1-2H3,(H,20,23)(H2,19,21,22,26)/b10-9+. The summed E-state index contributed by atoms with van der Waals surface area (Å²) in [5.74, 6) is 0.987. The molecule has 26 heavy (non-hydrogen) atoms. The summed E-state index contributed by atoms with van der Waals surface area (Å²) in [6, 6.07) is 10.8. The van der Waals surface area contributed by atoms with Gasteiger partial charge in [-0.2, -0.15) is 0 Å². The van der Waals surface area contributed by atoms with Gasteiger partial charge in [-0.1, -0.05) is 17.7 Å². The number of hydrazine groups is 1. The zero-order valence-electron chi connectivity index (χ0n) is 14.4. The van der Waals surface area contributed by atoms with Crippen LogP contribution in [0.3, 0.4) is 0 Å². The first-order chi connectivity index (χ1) is 12.4. The average Bonchev–Trinajstić information content (AvgIpc) is 3.03. The van der Waals surface area contributed by atoms with Gasteiger partial charge >= 0.3 is 0 Å². The predicted molar refractivity (Wildman–Crippen MR) is 101 cm³/mol. The van der Waals surface area contributed by atoms with Crippen molar-refractivity contribution in [3.05, 3.63) is 59.6 Å². The van der Waals surface area contributed by atoms with Crippen LogP contribution >= 0.6 is 12.2 Å². The molecule has 2 amide bonds. The van der Waals surface area contributed by atoms with Crippen molar-refractivity contribution in [1.29, 1.82) is 0 Å². The van der Waals surface area contributed by atoms with Crippen LogP contribution in [0.1, 0.15) is 17.1 Å². The number of nitrogens with one attached hydrogen (secondary N) is 3. The first-order valence-electron chi connectivity index (χ1n) is 7.76. The number of furan rings is 1. The maximum absolute atomic E-state index is 11.7. The van der Waals surface area contributed by atoms with E-state index in [2.05, 4.69) is 16.2 Å². The molecule has 7 nitrogen and oxygen atoms in total. The van der Waals surface area contributed by atoms with E-state index in [-0.39, 0.29) is 11.7 Å². The molecule has 2 rings (SSSR count). The van der Waals surface area contributed by atoms with Crippen molar-refractivity contribution in [2.75, 3.05) is 6.61 Å².